The number of nitrogens with zero attached hydrogens (tertiary/aromatic N) is 3. The summed E-state index contributed by atoms with van der Waals surface area (Å²) in [5, 5.41) is 4.58. The van der Waals surface area contributed by atoms with Crippen LogP contribution in [-0.4, -0.2) is 32.4 Å². The maximum atomic E-state index is 13.1. The number of benzene rings is 1. The predicted octanol–water partition coefficient (Wildman–Crippen LogP) is 3.83. The summed E-state index contributed by atoms with van der Waals surface area (Å²) in [6, 6.07) is 8.19. The minimum absolute atomic E-state index is 0.00619. The van der Waals surface area contributed by atoms with Crippen molar-refractivity contribution in [2.75, 3.05) is 0 Å². The van der Waals surface area contributed by atoms with Gasteiger partial charge in [0.1, 0.15) is 11.4 Å². The number of amides is 1. The van der Waals surface area contributed by atoms with E-state index in [0.717, 1.165) is 17.0 Å². The highest BCUT2D eigenvalue weighted by Crippen LogP contribution is 2.25. The Labute approximate surface area is 141 Å². The van der Waals surface area contributed by atoms with Crippen molar-refractivity contribution in [2.45, 2.75) is 52.4 Å². The summed E-state index contributed by atoms with van der Waals surface area (Å²) in [5.74, 6) is -0.271. The van der Waals surface area contributed by atoms with E-state index in [1.54, 1.807) is 17.0 Å². The number of hydrogen-bond acceptors (Lipinski definition) is 3. The molecule has 1 aromatic carbocycles. The van der Waals surface area contributed by atoms with Gasteiger partial charge in [0.25, 0.3) is 0 Å². The molecule has 0 spiro atoms. The molecule has 0 saturated heterocycles. The summed E-state index contributed by atoms with van der Waals surface area (Å²) in [6.07, 6.45) is -0.314. The van der Waals surface area contributed by atoms with Gasteiger partial charge in [0.15, 0.2) is 0 Å². The van der Waals surface area contributed by atoms with Crippen molar-refractivity contribution in [1.29, 1.82) is 0 Å². The predicted molar refractivity (Wildman–Crippen MR) is 88.9 cm³/mol. The van der Waals surface area contributed by atoms with Crippen LogP contribution in [0.25, 0.3) is 11.3 Å². The third-order valence-electron chi connectivity index (χ3n) is 3.93. The van der Waals surface area contributed by atoms with Crippen LogP contribution in [-0.2, 0) is 17.8 Å². The van der Waals surface area contributed by atoms with E-state index in [-0.39, 0.29) is 18.0 Å². The first kappa shape index (κ1) is 16.5. The Kier molecular flexibility index (Phi) is 4.07. The average Bonchev–Trinajstić information content (AvgIpc) is 2.88. The highest BCUT2D eigenvalue weighted by molar-refractivity contribution is 5.69. The van der Waals surface area contributed by atoms with E-state index in [9.17, 15) is 9.18 Å². The summed E-state index contributed by atoms with van der Waals surface area (Å²) in [5.41, 5.74) is 2.06. The lowest BCUT2D eigenvalue weighted by molar-refractivity contribution is 0.00907. The first-order valence-corrected chi connectivity index (χ1v) is 8.05. The second-order valence-corrected chi connectivity index (χ2v) is 7.17. The molecule has 0 N–H and O–H groups in total. The highest BCUT2D eigenvalue weighted by atomic mass is 19.1. The van der Waals surface area contributed by atoms with E-state index >= 15 is 0 Å². The van der Waals surface area contributed by atoms with Crippen molar-refractivity contribution in [3.8, 4) is 11.3 Å². The van der Waals surface area contributed by atoms with Gasteiger partial charge in [0, 0.05) is 5.56 Å². The lowest BCUT2D eigenvalue weighted by atomic mass is 10.1. The van der Waals surface area contributed by atoms with Gasteiger partial charge in [-0.25, -0.2) is 9.18 Å². The molecule has 0 aliphatic carbocycles. The monoisotopic (exact) mass is 331 g/mol. The largest absolute Gasteiger partial charge is 0.444 e. The van der Waals surface area contributed by atoms with Gasteiger partial charge in [0.2, 0.25) is 0 Å². The number of fused-ring (bicyclic) bond motifs is 1. The van der Waals surface area contributed by atoms with E-state index in [0.29, 0.717) is 13.1 Å². The molecule has 0 bridgehead atoms. The van der Waals surface area contributed by atoms with Gasteiger partial charge in [-0.3, -0.25) is 9.58 Å². The molecule has 1 amide bonds. The molecule has 0 saturated carbocycles. The van der Waals surface area contributed by atoms with Crippen molar-refractivity contribution >= 4 is 6.09 Å². The maximum Gasteiger partial charge on any atom is 0.410 e. The molecule has 128 valence electrons. The quantitative estimate of drug-likeness (QED) is 0.798. The zero-order valence-corrected chi connectivity index (χ0v) is 14.4. The lowest BCUT2D eigenvalue weighted by Gasteiger charge is -2.35. The van der Waals surface area contributed by atoms with Crippen LogP contribution in [0.15, 0.2) is 30.3 Å². The van der Waals surface area contributed by atoms with Gasteiger partial charge in [0.05, 0.1) is 30.5 Å². The molecule has 24 heavy (non-hydrogen) atoms. The Balaban J connectivity index is 1.82. The number of halogens is 1. The van der Waals surface area contributed by atoms with E-state index in [1.165, 1.54) is 12.1 Å². The summed E-state index contributed by atoms with van der Waals surface area (Å²) in [7, 11) is 0. The lowest BCUT2D eigenvalue weighted by Crippen LogP contribution is -2.46. The molecule has 1 aromatic heterocycles. The van der Waals surface area contributed by atoms with Crippen molar-refractivity contribution in [2.24, 2.45) is 0 Å². The third kappa shape index (κ3) is 3.42. The zero-order chi connectivity index (χ0) is 17.5. The van der Waals surface area contributed by atoms with Gasteiger partial charge in [-0.2, -0.15) is 5.10 Å². The number of carbonyl (C=O) groups excluding carboxylic acids is 1. The van der Waals surface area contributed by atoms with Gasteiger partial charge < -0.3 is 4.74 Å². The Bertz CT molecular complexity index is 747. The van der Waals surface area contributed by atoms with Crippen LogP contribution in [0, 0.1) is 5.82 Å². The van der Waals surface area contributed by atoms with Gasteiger partial charge in [-0.1, -0.05) is 0 Å². The standard InChI is InChI=1S/C18H22FN3O2/c1-12-10-22-15(11-21(12)17(23)24-18(2,3)4)9-16(20-22)13-5-7-14(19)8-6-13/h5-9,12H,10-11H2,1-4H3/t12-/m0/s1. The Morgan fingerprint density at radius 3 is 2.58 bits per heavy atom. The van der Waals surface area contributed by atoms with E-state index in [4.69, 9.17) is 4.74 Å². The van der Waals surface area contributed by atoms with Gasteiger partial charge >= 0.3 is 6.09 Å². The number of hydrogen-bond donors (Lipinski definition) is 0. The second-order valence-electron chi connectivity index (χ2n) is 7.17. The first-order valence-electron chi connectivity index (χ1n) is 8.05. The first-order chi connectivity index (χ1) is 11.2. The van der Waals surface area contributed by atoms with Gasteiger partial charge in [-0.05, 0) is 58.0 Å². The molecule has 2 aromatic rings. The topological polar surface area (TPSA) is 47.4 Å². The maximum absolute atomic E-state index is 13.1. The Morgan fingerprint density at radius 2 is 1.96 bits per heavy atom. The Hall–Kier alpha value is -2.37. The molecule has 1 atom stereocenters. The van der Waals surface area contributed by atoms with Crippen LogP contribution in [0.2, 0.25) is 0 Å². The minimum Gasteiger partial charge on any atom is -0.444 e. The summed E-state index contributed by atoms with van der Waals surface area (Å²) < 4.78 is 20.5. The SMILES string of the molecule is C[C@H]1Cn2nc(-c3ccc(F)cc3)cc2CN1C(=O)OC(C)(C)C. The molecule has 6 heteroatoms. The summed E-state index contributed by atoms with van der Waals surface area (Å²) in [6.45, 7) is 8.61. The normalized spacial score (nSPS) is 17.5. The number of aromatic nitrogens is 2. The van der Waals surface area contributed by atoms with Crippen LogP contribution in [0.3, 0.4) is 0 Å². The highest BCUT2D eigenvalue weighted by Gasteiger charge is 2.31. The molecule has 3 rings (SSSR count). The van der Waals surface area contributed by atoms with Crippen molar-refractivity contribution < 1.29 is 13.9 Å². The number of rotatable bonds is 1. The smallest absolute Gasteiger partial charge is 0.410 e. The average molecular weight is 331 g/mol. The molecular formula is C18H22FN3O2. The molecule has 2 heterocycles. The fourth-order valence-corrected chi connectivity index (χ4v) is 2.75. The van der Waals surface area contributed by atoms with Crippen LogP contribution < -0.4 is 0 Å². The fourth-order valence-electron chi connectivity index (χ4n) is 2.75. The van der Waals surface area contributed by atoms with E-state index < -0.39 is 5.60 Å². The van der Waals surface area contributed by atoms with Gasteiger partial charge in [-0.15, -0.1) is 0 Å². The molecule has 0 fully saturated rings. The molecule has 1 aliphatic rings. The van der Waals surface area contributed by atoms with E-state index in [1.807, 2.05) is 38.4 Å². The van der Waals surface area contributed by atoms with Crippen molar-refractivity contribution in [1.82, 2.24) is 14.7 Å². The number of ether oxygens (including phenoxy) is 1. The third-order valence-corrected chi connectivity index (χ3v) is 3.93. The molecule has 1 aliphatic heterocycles. The molecule has 0 unspecified atom stereocenters. The van der Waals surface area contributed by atoms with Crippen LogP contribution >= 0.6 is 0 Å². The summed E-state index contributed by atoms with van der Waals surface area (Å²) >= 11 is 0. The van der Waals surface area contributed by atoms with Crippen LogP contribution in [0.1, 0.15) is 33.4 Å². The molecule has 0 radical (unpaired) electrons. The summed E-state index contributed by atoms with van der Waals surface area (Å²) in [4.78, 5) is 14.1. The van der Waals surface area contributed by atoms with Crippen LogP contribution in [0.5, 0.6) is 0 Å². The Morgan fingerprint density at radius 1 is 1.29 bits per heavy atom. The van der Waals surface area contributed by atoms with Crippen molar-refractivity contribution in [3.05, 3.63) is 41.8 Å². The van der Waals surface area contributed by atoms with Crippen molar-refractivity contribution in [3.63, 3.8) is 0 Å². The minimum atomic E-state index is -0.520. The molecular weight excluding hydrogens is 309 g/mol. The second kappa shape index (κ2) is 5.92. The molecule has 5 nitrogen and oxygen atoms in total. The van der Waals surface area contributed by atoms with E-state index in [2.05, 4.69) is 5.10 Å². The number of carbonyl (C=O) groups is 1. The fraction of sp³-hybridized carbons (Fsp3) is 0.444. The van der Waals surface area contributed by atoms with Crippen LogP contribution in [0.4, 0.5) is 9.18 Å². The zero-order valence-electron chi connectivity index (χ0n) is 14.4.